The molecular formula is C19H37N7O7. The Morgan fingerprint density at radius 1 is 0.727 bits per heavy atom. The van der Waals surface area contributed by atoms with Crippen LogP contribution in [0, 0.1) is 0 Å². The van der Waals surface area contributed by atoms with Crippen molar-refractivity contribution in [2.75, 3.05) is 19.7 Å². The highest BCUT2D eigenvalue weighted by Gasteiger charge is 2.30. The fourth-order valence-corrected chi connectivity index (χ4v) is 2.82. The predicted octanol–water partition coefficient (Wildman–Crippen LogP) is -4.02. The monoisotopic (exact) mass is 475 g/mol. The quantitative estimate of drug-likeness (QED) is 0.0866. The van der Waals surface area contributed by atoms with E-state index in [4.69, 9.17) is 22.9 Å². The highest BCUT2D eigenvalue weighted by molar-refractivity contribution is 5.96. The molecular weight excluding hydrogens is 438 g/mol. The third-order valence-corrected chi connectivity index (χ3v) is 4.72. The predicted molar refractivity (Wildman–Crippen MR) is 118 cm³/mol. The van der Waals surface area contributed by atoms with Gasteiger partial charge in [-0.25, -0.2) is 4.79 Å². The first-order valence-corrected chi connectivity index (χ1v) is 10.8. The molecule has 0 fully saturated rings. The number of rotatable bonds is 18. The summed E-state index contributed by atoms with van der Waals surface area (Å²) in [6.45, 7) is -0.0183. The molecule has 0 heterocycles. The van der Waals surface area contributed by atoms with Gasteiger partial charge in [0.2, 0.25) is 23.6 Å². The summed E-state index contributed by atoms with van der Waals surface area (Å²) in [6.07, 6.45) is 2.02. The summed E-state index contributed by atoms with van der Waals surface area (Å²) in [7, 11) is 0. The standard InChI is InChI=1S/C19H37N7O7/c20-7-3-1-5-11(22)16(29)26-14(10-27)18(31)25-13(9-15(23)28)17(30)24-12(19(32)33)6-2-4-8-21/h11-14,27H,1-10,20-22H2,(H2,23,28)(H,24,30)(H,25,31)(H,26,29)(H,32,33). The van der Waals surface area contributed by atoms with E-state index in [0.717, 1.165) is 0 Å². The number of aliphatic carboxylic acids is 1. The Labute approximate surface area is 192 Å². The van der Waals surface area contributed by atoms with Crippen molar-refractivity contribution in [3.05, 3.63) is 0 Å². The van der Waals surface area contributed by atoms with E-state index in [9.17, 15) is 34.2 Å². The first-order chi connectivity index (χ1) is 15.6. The molecule has 0 saturated carbocycles. The van der Waals surface area contributed by atoms with Crippen LogP contribution < -0.4 is 38.9 Å². The Morgan fingerprint density at radius 2 is 1.21 bits per heavy atom. The van der Waals surface area contributed by atoms with Gasteiger partial charge >= 0.3 is 5.97 Å². The molecule has 0 radical (unpaired) electrons. The molecule has 0 aliphatic heterocycles. The van der Waals surface area contributed by atoms with Crippen molar-refractivity contribution in [2.45, 2.75) is 69.1 Å². The van der Waals surface area contributed by atoms with Gasteiger partial charge in [0.25, 0.3) is 0 Å². The van der Waals surface area contributed by atoms with E-state index in [2.05, 4.69) is 16.0 Å². The van der Waals surface area contributed by atoms with Crippen molar-refractivity contribution < 1.29 is 34.2 Å². The number of aliphatic hydroxyl groups is 1. The summed E-state index contributed by atoms with van der Waals surface area (Å²) in [5.74, 6) is -4.85. The molecule has 0 bridgehead atoms. The van der Waals surface area contributed by atoms with Crippen LogP contribution in [0.2, 0.25) is 0 Å². The molecule has 0 aliphatic carbocycles. The summed E-state index contributed by atoms with van der Waals surface area (Å²) in [5, 5.41) is 25.5. The van der Waals surface area contributed by atoms with Gasteiger partial charge in [0, 0.05) is 0 Å². The number of hydrogen-bond acceptors (Lipinski definition) is 9. The zero-order chi connectivity index (χ0) is 25.4. The van der Waals surface area contributed by atoms with Crippen LogP contribution in [0.1, 0.15) is 44.9 Å². The number of carbonyl (C=O) groups is 5. The van der Waals surface area contributed by atoms with Gasteiger partial charge in [-0.15, -0.1) is 0 Å². The summed E-state index contributed by atoms with van der Waals surface area (Å²) >= 11 is 0. The Morgan fingerprint density at radius 3 is 1.70 bits per heavy atom. The summed E-state index contributed by atoms with van der Waals surface area (Å²) in [4.78, 5) is 60.0. The molecule has 0 spiro atoms. The van der Waals surface area contributed by atoms with Gasteiger partial charge in [-0.2, -0.15) is 0 Å². The summed E-state index contributed by atoms with van der Waals surface area (Å²) in [5.41, 5.74) is 21.7. The molecule has 13 N–H and O–H groups in total. The largest absolute Gasteiger partial charge is 0.480 e. The van der Waals surface area contributed by atoms with Crippen molar-refractivity contribution in [2.24, 2.45) is 22.9 Å². The Balaban J connectivity index is 5.15. The number of aliphatic hydroxyl groups excluding tert-OH is 1. The lowest BCUT2D eigenvalue weighted by atomic mass is 10.1. The number of nitrogens with two attached hydrogens (primary N) is 4. The van der Waals surface area contributed by atoms with Gasteiger partial charge in [-0.1, -0.05) is 6.42 Å². The first kappa shape index (κ1) is 30.2. The summed E-state index contributed by atoms with van der Waals surface area (Å²) in [6, 6.07) is -5.18. The second-order valence-corrected chi connectivity index (χ2v) is 7.55. The second-order valence-electron chi connectivity index (χ2n) is 7.55. The molecule has 4 unspecified atom stereocenters. The zero-order valence-corrected chi connectivity index (χ0v) is 18.6. The number of carboxylic acids is 1. The number of unbranched alkanes of at least 4 members (excludes halogenated alkanes) is 2. The number of amides is 4. The lowest BCUT2D eigenvalue weighted by Gasteiger charge is -2.24. The van der Waals surface area contributed by atoms with Crippen LogP contribution in [-0.2, 0) is 24.0 Å². The van der Waals surface area contributed by atoms with E-state index in [1.165, 1.54) is 0 Å². The minimum atomic E-state index is -1.52. The lowest BCUT2D eigenvalue weighted by Crippen LogP contribution is -2.58. The average molecular weight is 476 g/mol. The molecule has 14 nitrogen and oxygen atoms in total. The molecule has 0 aromatic rings. The van der Waals surface area contributed by atoms with E-state index >= 15 is 0 Å². The van der Waals surface area contributed by atoms with Crippen LogP contribution in [-0.4, -0.2) is 83.7 Å². The van der Waals surface area contributed by atoms with Crippen molar-refractivity contribution in [3.63, 3.8) is 0 Å². The molecule has 0 saturated heterocycles. The minimum Gasteiger partial charge on any atom is -0.480 e. The van der Waals surface area contributed by atoms with E-state index in [0.29, 0.717) is 45.2 Å². The third-order valence-electron chi connectivity index (χ3n) is 4.72. The maximum atomic E-state index is 12.5. The molecule has 14 heteroatoms. The van der Waals surface area contributed by atoms with Crippen molar-refractivity contribution >= 4 is 29.6 Å². The number of carboxylic acid groups (broad SMARTS) is 1. The molecule has 0 aromatic carbocycles. The number of primary amides is 1. The fourth-order valence-electron chi connectivity index (χ4n) is 2.82. The van der Waals surface area contributed by atoms with Gasteiger partial charge < -0.3 is 49.1 Å². The third kappa shape index (κ3) is 12.7. The number of hydrogen-bond donors (Lipinski definition) is 9. The molecule has 0 rings (SSSR count). The number of carbonyl (C=O) groups excluding carboxylic acids is 4. The van der Waals surface area contributed by atoms with Crippen molar-refractivity contribution in [3.8, 4) is 0 Å². The fraction of sp³-hybridized carbons (Fsp3) is 0.737. The molecule has 33 heavy (non-hydrogen) atoms. The molecule has 0 aromatic heterocycles. The second kappa shape index (κ2) is 16.8. The van der Waals surface area contributed by atoms with E-state index in [-0.39, 0.29) is 6.42 Å². The molecule has 4 atom stereocenters. The van der Waals surface area contributed by atoms with Crippen molar-refractivity contribution in [1.82, 2.24) is 16.0 Å². The topological polar surface area (TPSA) is 266 Å². The zero-order valence-electron chi connectivity index (χ0n) is 18.6. The Kier molecular flexibility index (Phi) is 15.3. The van der Waals surface area contributed by atoms with Gasteiger partial charge in [0.15, 0.2) is 0 Å². The van der Waals surface area contributed by atoms with Crippen LogP contribution in [0.25, 0.3) is 0 Å². The average Bonchev–Trinajstić information content (AvgIpc) is 2.75. The summed E-state index contributed by atoms with van der Waals surface area (Å²) < 4.78 is 0. The normalized spacial score (nSPS) is 14.4. The minimum absolute atomic E-state index is 0.0902. The van der Waals surface area contributed by atoms with Gasteiger partial charge in [0.1, 0.15) is 18.1 Å². The highest BCUT2D eigenvalue weighted by atomic mass is 16.4. The number of nitrogens with one attached hydrogen (secondary N) is 3. The smallest absolute Gasteiger partial charge is 0.326 e. The molecule has 190 valence electrons. The van der Waals surface area contributed by atoms with Crippen LogP contribution >= 0.6 is 0 Å². The van der Waals surface area contributed by atoms with Crippen LogP contribution in [0.5, 0.6) is 0 Å². The SMILES string of the molecule is NCCCCC(N)C(=O)NC(CO)C(=O)NC(CC(N)=O)C(=O)NC(CCCCN)C(=O)O. The van der Waals surface area contributed by atoms with Crippen molar-refractivity contribution in [1.29, 1.82) is 0 Å². The van der Waals surface area contributed by atoms with Gasteiger partial charge in [0.05, 0.1) is 19.1 Å². The molecule has 4 amide bonds. The highest BCUT2D eigenvalue weighted by Crippen LogP contribution is 2.04. The lowest BCUT2D eigenvalue weighted by molar-refractivity contribution is -0.142. The van der Waals surface area contributed by atoms with E-state index in [1.807, 2.05) is 0 Å². The van der Waals surface area contributed by atoms with Gasteiger partial charge in [-0.05, 0) is 45.2 Å². The first-order valence-electron chi connectivity index (χ1n) is 10.8. The van der Waals surface area contributed by atoms with E-state index in [1.54, 1.807) is 0 Å². The van der Waals surface area contributed by atoms with Gasteiger partial charge in [-0.3, -0.25) is 19.2 Å². The Bertz CT molecular complexity index is 662. The Hall–Kier alpha value is -2.81. The maximum absolute atomic E-state index is 12.5. The molecule has 0 aliphatic rings. The van der Waals surface area contributed by atoms with Crippen LogP contribution in [0.4, 0.5) is 0 Å². The maximum Gasteiger partial charge on any atom is 0.326 e. The van der Waals surface area contributed by atoms with E-state index < -0.39 is 66.8 Å². The van der Waals surface area contributed by atoms with Crippen LogP contribution in [0.15, 0.2) is 0 Å². The van der Waals surface area contributed by atoms with Crippen LogP contribution in [0.3, 0.4) is 0 Å².